The molecule has 0 saturated carbocycles. The molecule has 0 aliphatic carbocycles. The van der Waals surface area contributed by atoms with Gasteiger partial charge >= 0.3 is 5.97 Å². The maximum Gasteiger partial charge on any atom is 0.337 e. The molecule has 0 amide bonds. The molecule has 1 saturated heterocycles. The van der Waals surface area contributed by atoms with E-state index in [0.717, 1.165) is 19.4 Å². The second-order valence-electron chi connectivity index (χ2n) is 4.92. The molecule has 0 bridgehead atoms. The zero-order chi connectivity index (χ0) is 13.1. The highest BCUT2D eigenvalue weighted by molar-refractivity contribution is 5.93. The summed E-state index contributed by atoms with van der Waals surface area (Å²) in [5.74, 6) is -0.916. The van der Waals surface area contributed by atoms with E-state index < -0.39 is 5.97 Å². The van der Waals surface area contributed by atoms with Crippen molar-refractivity contribution in [2.45, 2.75) is 31.8 Å². The van der Waals surface area contributed by atoms with Gasteiger partial charge in [0.25, 0.3) is 0 Å². The molecule has 0 spiro atoms. The van der Waals surface area contributed by atoms with Gasteiger partial charge in [-0.15, -0.1) is 0 Å². The normalized spacial score (nSPS) is 24.8. The third kappa shape index (κ3) is 2.79. The lowest BCUT2D eigenvalue weighted by Gasteiger charge is -2.35. The van der Waals surface area contributed by atoms with Gasteiger partial charge in [0, 0.05) is 24.8 Å². The molecule has 1 aliphatic heterocycles. The Morgan fingerprint density at radius 1 is 1.61 bits per heavy atom. The summed E-state index contributed by atoms with van der Waals surface area (Å²) in [7, 11) is 2.12. The Labute approximate surface area is 107 Å². The van der Waals surface area contributed by atoms with Gasteiger partial charge < -0.3 is 15.3 Å². The minimum atomic E-state index is -0.916. The predicted octanol–water partition coefficient (Wildman–Crippen LogP) is 1.67. The van der Waals surface area contributed by atoms with E-state index in [1.807, 2.05) is 0 Å². The van der Waals surface area contributed by atoms with Gasteiger partial charge in [-0.1, -0.05) is 0 Å². The number of carboxylic acid groups (broad SMARTS) is 1. The number of hydrogen-bond acceptors (Lipinski definition) is 4. The topological polar surface area (TPSA) is 65.5 Å². The van der Waals surface area contributed by atoms with E-state index >= 15 is 0 Å². The summed E-state index contributed by atoms with van der Waals surface area (Å²) in [5.41, 5.74) is 0.906. The fourth-order valence-electron chi connectivity index (χ4n) is 2.34. The smallest absolute Gasteiger partial charge is 0.337 e. The fraction of sp³-hybridized carbons (Fsp3) is 0.538. The Morgan fingerprint density at radius 3 is 3.06 bits per heavy atom. The molecule has 2 N–H and O–H groups in total. The lowest BCUT2D eigenvalue weighted by Crippen LogP contribution is -2.42. The van der Waals surface area contributed by atoms with Crippen LogP contribution in [-0.2, 0) is 0 Å². The molecule has 18 heavy (non-hydrogen) atoms. The van der Waals surface area contributed by atoms with Gasteiger partial charge in [0.2, 0.25) is 0 Å². The maximum absolute atomic E-state index is 11.1. The van der Waals surface area contributed by atoms with Gasteiger partial charge in [-0.3, -0.25) is 4.98 Å². The molecule has 2 rings (SSSR count). The summed E-state index contributed by atoms with van der Waals surface area (Å²) >= 11 is 0. The number of piperidine rings is 1. The molecule has 0 aromatic carbocycles. The first kappa shape index (κ1) is 12.8. The third-order valence-electron chi connectivity index (χ3n) is 3.62. The number of carboxylic acids is 1. The first-order valence-electron chi connectivity index (χ1n) is 6.22. The molecule has 5 heteroatoms. The predicted molar refractivity (Wildman–Crippen MR) is 69.9 cm³/mol. The lowest BCUT2D eigenvalue weighted by atomic mass is 9.98. The van der Waals surface area contributed by atoms with E-state index in [-0.39, 0.29) is 5.56 Å². The molecule has 98 valence electrons. The van der Waals surface area contributed by atoms with Crippen molar-refractivity contribution in [3.8, 4) is 0 Å². The van der Waals surface area contributed by atoms with Gasteiger partial charge in [0.05, 0.1) is 17.4 Å². The van der Waals surface area contributed by atoms with Crippen molar-refractivity contribution in [3.63, 3.8) is 0 Å². The molecule has 1 aromatic rings. The molecule has 1 aliphatic rings. The van der Waals surface area contributed by atoms with Crippen LogP contribution in [-0.4, -0.2) is 46.6 Å². The zero-order valence-corrected chi connectivity index (χ0v) is 10.8. The van der Waals surface area contributed by atoms with Crippen LogP contribution in [0.5, 0.6) is 0 Å². The summed E-state index contributed by atoms with van der Waals surface area (Å²) in [4.78, 5) is 17.4. The quantitative estimate of drug-likeness (QED) is 0.853. The van der Waals surface area contributed by atoms with Crippen LogP contribution in [0.15, 0.2) is 18.5 Å². The summed E-state index contributed by atoms with van der Waals surface area (Å²) in [6.07, 6.45) is 5.14. The second-order valence-corrected chi connectivity index (χ2v) is 4.92. The van der Waals surface area contributed by atoms with Gasteiger partial charge in [0.1, 0.15) is 0 Å². The van der Waals surface area contributed by atoms with Crippen LogP contribution in [0, 0.1) is 0 Å². The number of nitrogens with one attached hydrogen (secondary N) is 1. The molecule has 2 unspecified atom stereocenters. The van der Waals surface area contributed by atoms with Crippen molar-refractivity contribution in [1.29, 1.82) is 0 Å². The summed E-state index contributed by atoms with van der Waals surface area (Å²) in [5, 5.41) is 12.4. The van der Waals surface area contributed by atoms with Gasteiger partial charge in [0.15, 0.2) is 0 Å². The van der Waals surface area contributed by atoms with E-state index in [1.165, 1.54) is 12.3 Å². The number of aromatic carboxylic acids is 1. The van der Waals surface area contributed by atoms with Crippen LogP contribution in [0.25, 0.3) is 0 Å². The average Bonchev–Trinajstić information content (AvgIpc) is 2.34. The highest BCUT2D eigenvalue weighted by Crippen LogP contribution is 2.21. The summed E-state index contributed by atoms with van der Waals surface area (Å²) in [6.45, 7) is 3.22. The zero-order valence-electron chi connectivity index (χ0n) is 10.8. The Hall–Kier alpha value is -1.62. The molecule has 5 nitrogen and oxygen atoms in total. The number of hydrogen-bond donors (Lipinski definition) is 2. The van der Waals surface area contributed by atoms with Gasteiger partial charge in [-0.05, 0) is 32.9 Å². The largest absolute Gasteiger partial charge is 0.478 e. The van der Waals surface area contributed by atoms with Crippen LogP contribution in [0.4, 0.5) is 5.69 Å². The second kappa shape index (κ2) is 5.35. The van der Waals surface area contributed by atoms with Crippen molar-refractivity contribution >= 4 is 11.7 Å². The molecular formula is C13H19N3O2. The number of likely N-dealkylation sites (tertiary alicyclic amines) is 1. The number of carbonyl (C=O) groups is 1. The summed E-state index contributed by atoms with van der Waals surface area (Å²) < 4.78 is 0. The van der Waals surface area contributed by atoms with Crippen LogP contribution in [0.3, 0.4) is 0 Å². The Morgan fingerprint density at radius 2 is 2.39 bits per heavy atom. The average molecular weight is 249 g/mol. The van der Waals surface area contributed by atoms with Gasteiger partial charge in [-0.25, -0.2) is 4.79 Å². The molecule has 1 fully saturated rings. The number of nitrogens with zero attached hydrogens (tertiary/aromatic N) is 2. The molecule has 2 atom stereocenters. The van der Waals surface area contributed by atoms with E-state index in [0.29, 0.717) is 17.8 Å². The first-order valence-corrected chi connectivity index (χ1v) is 6.22. The summed E-state index contributed by atoms with van der Waals surface area (Å²) in [6, 6.07) is 2.36. The van der Waals surface area contributed by atoms with Crippen molar-refractivity contribution in [2.75, 3.05) is 18.9 Å². The number of rotatable bonds is 3. The molecule has 1 aromatic heterocycles. The van der Waals surface area contributed by atoms with Crippen LogP contribution >= 0.6 is 0 Å². The van der Waals surface area contributed by atoms with E-state index in [1.54, 1.807) is 6.20 Å². The van der Waals surface area contributed by atoms with Crippen molar-refractivity contribution in [3.05, 3.63) is 24.0 Å². The first-order chi connectivity index (χ1) is 8.58. The monoisotopic (exact) mass is 249 g/mol. The Bertz CT molecular complexity index is 436. The lowest BCUT2D eigenvalue weighted by molar-refractivity contribution is 0.0697. The third-order valence-corrected chi connectivity index (χ3v) is 3.62. The number of aromatic nitrogens is 1. The minimum Gasteiger partial charge on any atom is -0.478 e. The van der Waals surface area contributed by atoms with Crippen LogP contribution in [0.1, 0.15) is 30.1 Å². The van der Waals surface area contributed by atoms with Crippen LogP contribution in [0.2, 0.25) is 0 Å². The molecule has 0 radical (unpaired) electrons. The number of anilines is 1. The van der Waals surface area contributed by atoms with Crippen LogP contribution < -0.4 is 5.32 Å². The van der Waals surface area contributed by atoms with Crippen molar-refractivity contribution in [1.82, 2.24) is 9.88 Å². The maximum atomic E-state index is 11.1. The fourth-order valence-corrected chi connectivity index (χ4v) is 2.34. The molecular weight excluding hydrogens is 230 g/mol. The Kier molecular flexibility index (Phi) is 3.81. The van der Waals surface area contributed by atoms with E-state index in [2.05, 4.69) is 29.2 Å². The standard InChI is InChI=1S/C13H19N3O2/c1-9-7-10(4-6-16(9)2)15-12-8-14-5-3-11(12)13(17)18/h3,5,8-10,15H,4,6-7H2,1-2H3,(H,17,18). The minimum absolute atomic E-state index is 0.289. The van der Waals surface area contributed by atoms with E-state index in [9.17, 15) is 4.79 Å². The highest BCUT2D eigenvalue weighted by Gasteiger charge is 2.23. The SMILES string of the molecule is CC1CC(Nc2cnccc2C(=O)O)CCN1C. The van der Waals surface area contributed by atoms with E-state index in [4.69, 9.17) is 5.11 Å². The molecule has 2 heterocycles. The Balaban J connectivity index is 2.08. The number of pyridine rings is 1. The van der Waals surface area contributed by atoms with Crippen molar-refractivity contribution < 1.29 is 9.90 Å². The highest BCUT2D eigenvalue weighted by atomic mass is 16.4. The van der Waals surface area contributed by atoms with Crippen molar-refractivity contribution in [2.24, 2.45) is 0 Å². The van der Waals surface area contributed by atoms with Gasteiger partial charge in [-0.2, -0.15) is 0 Å².